The predicted octanol–water partition coefficient (Wildman–Crippen LogP) is -0.771. The van der Waals surface area contributed by atoms with Crippen molar-refractivity contribution in [2.45, 2.75) is 13.8 Å². The third kappa shape index (κ3) is 6.98. The van der Waals surface area contributed by atoms with Crippen LogP contribution >= 0.6 is 0 Å². The molecule has 0 aliphatic rings. The Bertz CT molecular complexity index is 144. The fourth-order valence-electron chi connectivity index (χ4n) is 0.374. The maximum absolute atomic E-state index is 10.5. The topological polar surface area (TPSA) is 55.4 Å². The molecule has 0 saturated heterocycles. The summed E-state index contributed by atoms with van der Waals surface area (Å²) in [5.41, 5.74) is 0. The number of nitrogens with one attached hydrogen (secondary N) is 1. The van der Waals surface area contributed by atoms with Crippen LogP contribution in [0.1, 0.15) is 13.8 Å². The summed E-state index contributed by atoms with van der Waals surface area (Å²) in [4.78, 5) is 0. The van der Waals surface area contributed by atoms with Crippen LogP contribution in [-0.2, 0) is 14.5 Å². The summed E-state index contributed by atoms with van der Waals surface area (Å²) in [6.45, 7) is 3.85. The zero-order valence-electron chi connectivity index (χ0n) is 5.55. The van der Waals surface area contributed by atoms with Crippen LogP contribution in [-0.4, -0.2) is 51.1 Å². The normalized spacial score (nSPS) is 10.6. The second kappa shape index (κ2) is 6.57. The van der Waals surface area contributed by atoms with Crippen molar-refractivity contribution in [3.8, 4) is 0 Å². The first-order valence-electron chi connectivity index (χ1n) is 2.76. The Balaban J connectivity index is 0. The molecule has 0 aromatic heterocycles. The minimum absolute atomic E-state index is 0. The van der Waals surface area contributed by atoms with Gasteiger partial charge in [-0.15, -0.1) is 0 Å². The summed E-state index contributed by atoms with van der Waals surface area (Å²) in [7, 11) is -3.43. The van der Waals surface area contributed by atoms with Gasteiger partial charge in [-0.05, 0) is 6.92 Å². The van der Waals surface area contributed by atoms with Crippen LogP contribution in [0.15, 0.2) is 0 Å². The quantitative estimate of drug-likeness (QED) is 0.574. The van der Waals surface area contributed by atoms with Crippen LogP contribution in [0.4, 0.5) is 0 Å². The van der Waals surface area contributed by atoms with Crippen LogP contribution in [0, 0.1) is 0 Å². The van der Waals surface area contributed by atoms with Gasteiger partial charge in [-0.1, -0.05) is 6.92 Å². The zero-order chi connectivity index (χ0) is 7.33. The van der Waals surface area contributed by atoms with Crippen LogP contribution in [0.5, 0.6) is 0 Å². The number of hydrogen-bond acceptors (Lipinski definition) is 3. The van der Waals surface area contributed by atoms with E-state index in [4.69, 9.17) is 0 Å². The molecule has 1 N–H and O–H groups in total. The summed E-state index contributed by atoms with van der Waals surface area (Å²) in [6.07, 6.45) is 0. The first-order chi connectivity index (χ1) is 4.12. The number of hydrogen-bond donors (Lipinski definition) is 1. The Labute approximate surface area is 83.9 Å². The van der Waals surface area contributed by atoms with Gasteiger partial charge >= 0.3 is 39.9 Å². The van der Waals surface area contributed by atoms with Gasteiger partial charge in [0, 0.05) is 6.54 Å². The molecule has 10 heavy (non-hydrogen) atoms. The fraction of sp³-hybridized carbons (Fsp3) is 1.00. The molecule has 0 aliphatic carbocycles. The molecular weight excluding hydrogens is 165 g/mol. The molecule has 0 unspecified atom stereocenters. The van der Waals surface area contributed by atoms with E-state index < -0.39 is 10.3 Å². The van der Waals surface area contributed by atoms with Crippen molar-refractivity contribution < 1.29 is 12.6 Å². The van der Waals surface area contributed by atoms with Gasteiger partial charge in [0.05, 0.1) is 6.61 Å². The van der Waals surface area contributed by atoms with Crippen molar-refractivity contribution in [1.29, 1.82) is 0 Å². The molecule has 0 aliphatic heterocycles. The Morgan fingerprint density at radius 3 is 2.20 bits per heavy atom. The fourth-order valence-corrected chi connectivity index (χ4v) is 1.12. The van der Waals surface area contributed by atoms with Gasteiger partial charge in [0.1, 0.15) is 0 Å². The van der Waals surface area contributed by atoms with E-state index in [0.29, 0.717) is 6.54 Å². The second-order valence-electron chi connectivity index (χ2n) is 1.36. The first-order valence-corrected chi connectivity index (χ1v) is 4.17. The molecule has 0 rings (SSSR count). The third-order valence-corrected chi connectivity index (χ3v) is 1.78. The van der Waals surface area contributed by atoms with E-state index in [9.17, 15) is 8.42 Å². The second-order valence-corrected chi connectivity index (χ2v) is 2.79. The summed E-state index contributed by atoms with van der Waals surface area (Å²) in [5.74, 6) is 0. The molecule has 0 atom stereocenters. The van der Waals surface area contributed by atoms with E-state index >= 15 is 0 Å². The van der Waals surface area contributed by atoms with Crippen LogP contribution in [0.25, 0.3) is 0 Å². The van der Waals surface area contributed by atoms with Crippen molar-refractivity contribution >= 4 is 39.9 Å². The Morgan fingerprint density at radius 1 is 1.40 bits per heavy atom. The molecule has 6 heteroatoms. The molecule has 0 radical (unpaired) electrons. The van der Waals surface area contributed by atoms with Crippen LogP contribution in [0.3, 0.4) is 0 Å². The molecule has 0 spiro atoms. The van der Waals surface area contributed by atoms with E-state index in [1.165, 1.54) is 0 Å². The van der Waals surface area contributed by atoms with Gasteiger partial charge in [-0.2, -0.15) is 13.1 Å². The Morgan fingerprint density at radius 2 is 1.90 bits per heavy atom. The van der Waals surface area contributed by atoms with Crippen molar-refractivity contribution in [2.75, 3.05) is 13.2 Å². The van der Waals surface area contributed by atoms with Crippen molar-refractivity contribution in [2.24, 2.45) is 0 Å². The Kier molecular flexibility index (Phi) is 8.85. The monoisotopic (exact) mass is 177 g/mol. The molecule has 58 valence electrons. The standard InChI is InChI=1S/C4H11NO3S.Na.H/c1-3-5-9(6,7)8-4-2;;/h5H,3-4H2,1-2H3;;. The summed E-state index contributed by atoms with van der Waals surface area (Å²) < 4.78 is 27.5. The van der Waals surface area contributed by atoms with E-state index in [1.807, 2.05) is 0 Å². The minimum atomic E-state index is -3.43. The molecule has 0 fully saturated rings. The molecule has 0 aromatic carbocycles. The van der Waals surface area contributed by atoms with E-state index in [-0.39, 0.29) is 36.2 Å². The first kappa shape index (κ1) is 13.5. The predicted molar refractivity (Wildman–Crippen MR) is 41.4 cm³/mol. The average molecular weight is 177 g/mol. The van der Waals surface area contributed by atoms with Gasteiger partial charge in [0.25, 0.3) is 0 Å². The SMILES string of the molecule is CCNS(=O)(=O)OCC.[NaH]. The third-order valence-electron chi connectivity index (χ3n) is 0.594. The molecular formula is C4H12NNaO3S. The molecule has 0 bridgehead atoms. The van der Waals surface area contributed by atoms with Gasteiger partial charge in [0.15, 0.2) is 0 Å². The van der Waals surface area contributed by atoms with Gasteiger partial charge in [-0.3, -0.25) is 4.18 Å². The zero-order valence-corrected chi connectivity index (χ0v) is 6.36. The average Bonchev–Trinajstić information content (AvgIpc) is 1.64. The molecule has 0 aromatic rings. The molecule has 4 nitrogen and oxygen atoms in total. The van der Waals surface area contributed by atoms with E-state index in [1.54, 1.807) is 13.8 Å². The number of rotatable bonds is 4. The maximum atomic E-state index is 10.5. The molecule has 0 amide bonds. The van der Waals surface area contributed by atoms with Crippen LogP contribution < -0.4 is 4.72 Å². The summed E-state index contributed by atoms with van der Waals surface area (Å²) in [5, 5.41) is 0. The van der Waals surface area contributed by atoms with Gasteiger partial charge < -0.3 is 0 Å². The van der Waals surface area contributed by atoms with Crippen LogP contribution in [0.2, 0.25) is 0 Å². The molecule has 0 saturated carbocycles. The summed E-state index contributed by atoms with van der Waals surface area (Å²) in [6, 6.07) is 0. The van der Waals surface area contributed by atoms with Gasteiger partial charge in [0.2, 0.25) is 0 Å². The van der Waals surface area contributed by atoms with Crippen molar-refractivity contribution in [3.05, 3.63) is 0 Å². The van der Waals surface area contributed by atoms with Crippen molar-refractivity contribution in [3.63, 3.8) is 0 Å². The van der Waals surface area contributed by atoms with Crippen molar-refractivity contribution in [1.82, 2.24) is 4.72 Å². The molecule has 0 heterocycles. The Hall–Kier alpha value is 0.870. The summed E-state index contributed by atoms with van der Waals surface area (Å²) >= 11 is 0. The van der Waals surface area contributed by atoms with Gasteiger partial charge in [-0.25, -0.2) is 0 Å². The van der Waals surface area contributed by atoms with E-state index in [0.717, 1.165) is 0 Å². The van der Waals surface area contributed by atoms with E-state index in [2.05, 4.69) is 8.91 Å².